The minimum atomic E-state index is -5.05. The Morgan fingerprint density at radius 2 is 1.09 bits per heavy atom. The number of aromatic nitrogens is 1. The lowest BCUT2D eigenvalue weighted by atomic mass is 9.98. The molecule has 2 aromatic carbocycles. The monoisotopic (exact) mass is 467 g/mol. The third kappa shape index (κ3) is 6.05. The molecule has 3 rings (SSSR count). The van der Waals surface area contributed by atoms with Crippen molar-refractivity contribution >= 4 is 0 Å². The van der Waals surface area contributed by atoms with Crippen molar-refractivity contribution < 1.29 is 49.0 Å². The summed E-state index contributed by atoms with van der Waals surface area (Å²) < 4.78 is 122. The van der Waals surface area contributed by atoms with Crippen LogP contribution in [0.1, 0.15) is 5.69 Å². The van der Waals surface area contributed by atoms with Crippen LogP contribution in [-0.4, -0.2) is 17.7 Å². The van der Waals surface area contributed by atoms with Crippen molar-refractivity contribution in [2.24, 2.45) is 0 Å². The first kappa shape index (κ1) is 23.2. The van der Waals surface area contributed by atoms with Crippen LogP contribution in [0, 0.1) is 0 Å². The number of rotatable bonds is 4. The van der Waals surface area contributed by atoms with Crippen molar-refractivity contribution in [1.29, 1.82) is 0 Å². The second-order valence-corrected chi connectivity index (χ2v) is 6.24. The highest BCUT2D eigenvalue weighted by Gasteiger charge is 2.34. The summed E-state index contributed by atoms with van der Waals surface area (Å²) in [6, 6.07) is 9.94. The van der Waals surface area contributed by atoms with Gasteiger partial charge in [0.15, 0.2) is 0 Å². The molecule has 0 aliphatic rings. The predicted octanol–water partition coefficient (Wildman–Crippen LogP) is 7.23. The van der Waals surface area contributed by atoms with E-state index in [9.17, 15) is 39.5 Å². The summed E-state index contributed by atoms with van der Waals surface area (Å²) in [6.07, 6.45) is -14.9. The lowest BCUT2D eigenvalue weighted by Crippen LogP contribution is -2.17. The van der Waals surface area contributed by atoms with Crippen molar-refractivity contribution in [2.75, 3.05) is 0 Å². The highest BCUT2D eigenvalue weighted by atomic mass is 19.4. The van der Waals surface area contributed by atoms with Gasteiger partial charge in [-0.05, 0) is 35.9 Å². The van der Waals surface area contributed by atoms with Crippen LogP contribution >= 0.6 is 0 Å². The van der Waals surface area contributed by atoms with Gasteiger partial charge in [-0.3, -0.25) is 0 Å². The van der Waals surface area contributed by atoms with Crippen LogP contribution < -0.4 is 9.47 Å². The summed E-state index contributed by atoms with van der Waals surface area (Å²) in [7, 11) is 0. The number of nitrogens with zero attached hydrogens (tertiary/aromatic N) is 1. The average molecular weight is 467 g/mol. The van der Waals surface area contributed by atoms with Gasteiger partial charge < -0.3 is 9.47 Å². The zero-order valence-corrected chi connectivity index (χ0v) is 15.4. The van der Waals surface area contributed by atoms with Gasteiger partial charge in [0.2, 0.25) is 0 Å². The summed E-state index contributed by atoms with van der Waals surface area (Å²) in [5.41, 5.74) is -2.03. The molecule has 1 heterocycles. The molecule has 0 radical (unpaired) electrons. The van der Waals surface area contributed by atoms with Crippen LogP contribution in [-0.2, 0) is 6.18 Å². The van der Waals surface area contributed by atoms with E-state index in [2.05, 4.69) is 14.5 Å². The number of hydrogen-bond acceptors (Lipinski definition) is 3. The SMILES string of the molecule is FC(F)(F)Oc1cccc(-c2ccc(C(F)(F)F)nc2-c2cccc(OC(F)(F)F)c2)c1. The van der Waals surface area contributed by atoms with Crippen LogP contribution in [0.25, 0.3) is 22.4 Å². The Balaban J connectivity index is 2.15. The smallest absolute Gasteiger partial charge is 0.406 e. The Hall–Kier alpha value is -3.44. The van der Waals surface area contributed by atoms with E-state index in [0.29, 0.717) is 6.07 Å². The molecule has 170 valence electrons. The van der Waals surface area contributed by atoms with Crippen LogP contribution in [0.15, 0.2) is 60.7 Å². The average Bonchev–Trinajstić information content (AvgIpc) is 2.64. The second kappa shape index (κ2) is 8.24. The van der Waals surface area contributed by atoms with Crippen molar-refractivity contribution in [3.63, 3.8) is 0 Å². The molecular weight excluding hydrogens is 457 g/mol. The summed E-state index contributed by atoms with van der Waals surface area (Å²) in [6.45, 7) is 0. The van der Waals surface area contributed by atoms with E-state index in [1.807, 2.05) is 0 Å². The summed E-state index contributed by atoms with van der Waals surface area (Å²) in [4.78, 5) is 3.51. The second-order valence-electron chi connectivity index (χ2n) is 6.24. The molecule has 0 saturated heterocycles. The van der Waals surface area contributed by atoms with Gasteiger partial charge in [0.25, 0.3) is 0 Å². The minimum absolute atomic E-state index is 0.00915. The lowest BCUT2D eigenvalue weighted by Gasteiger charge is -2.15. The van der Waals surface area contributed by atoms with E-state index in [4.69, 9.17) is 0 Å². The predicted molar refractivity (Wildman–Crippen MR) is 93.5 cm³/mol. The maximum Gasteiger partial charge on any atom is 0.573 e. The van der Waals surface area contributed by atoms with Crippen LogP contribution in [0.4, 0.5) is 39.5 Å². The molecule has 12 heteroatoms. The summed E-state index contributed by atoms with van der Waals surface area (Å²) in [5.74, 6) is -1.36. The van der Waals surface area contributed by atoms with E-state index in [-0.39, 0.29) is 16.7 Å². The molecule has 0 unspecified atom stereocenters. The Morgan fingerprint density at radius 1 is 0.594 bits per heavy atom. The molecule has 0 saturated carbocycles. The standard InChI is InChI=1S/C20H10F9NO2/c21-18(22,23)16-8-7-15(11-3-1-5-13(9-11)31-19(24,25)26)17(30-16)12-4-2-6-14(10-12)32-20(27,28)29/h1-10H. The molecule has 0 fully saturated rings. The van der Waals surface area contributed by atoms with Gasteiger partial charge in [-0.25, -0.2) is 4.98 Å². The molecular formula is C20H10F9NO2. The van der Waals surface area contributed by atoms with Crippen LogP contribution in [0.5, 0.6) is 11.5 Å². The van der Waals surface area contributed by atoms with Gasteiger partial charge in [-0.2, -0.15) is 13.2 Å². The number of ether oxygens (including phenoxy) is 2. The molecule has 0 aliphatic heterocycles. The maximum atomic E-state index is 13.2. The fourth-order valence-corrected chi connectivity index (χ4v) is 2.77. The Kier molecular flexibility index (Phi) is 5.98. The first-order valence-corrected chi connectivity index (χ1v) is 8.52. The minimum Gasteiger partial charge on any atom is -0.406 e. The van der Waals surface area contributed by atoms with E-state index < -0.39 is 41.8 Å². The molecule has 0 aliphatic carbocycles. The number of pyridine rings is 1. The first-order valence-electron chi connectivity index (χ1n) is 8.52. The van der Waals surface area contributed by atoms with Crippen LogP contribution in [0.3, 0.4) is 0 Å². The third-order valence-corrected chi connectivity index (χ3v) is 3.91. The molecule has 0 bridgehead atoms. The van der Waals surface area contributed by atoms with Crippen molar-refractivity contribution in [1.82, 2.24) is 4.98 Å². The lowest BCUT2D eigenvalue weighted by molar-refractivity contribution is -0.275. The van der Waals surface area contributed by atoms with Gasteiger partial charge in [0.1, 0.15) is 17.2 Å². The maximum absolute atomic E-state index is 13.2. The van der Waals surface area contributed by atoms with Gasteiger partial charge in [-0.1, -0.05) is 30.3 Å². The van der Waals surface area contributed by atoms with E-state index in [0.717, 1.165) is 36.4 Å². The molecule has 3 nitrogen and oxygen atoms in total. The number of halogens is 9. The topological polar surface area (TPSA) is 31.4 Å². The molecule has 0 amide bonds. The van der Waals surface area contributed by atoms with Gasteiger partial charge >= 0.3 is 18.9 Å². The summed E-state index contributed by atoms with van der Waals surface area (Å²) in [5, 5.41) is 0. The third-order valence-electron chi connectivity index (χ3n) is 3.91. The van der Waals surface area contributed by atoms with Crippen LogP contribution in [0.2, 0.25) is 0 Å². The zero-order valence-electron chi connectivity index (χ0n) is 15.4. The molecule has 1 aromatic heterocycles. The molecule has 0 atom stereocenters. The first-order chi connectivity index (χ1) is 14.7. The van der Waals surface area contributed by atoms with E-state index >= 15 is 0 Å². The molecule has 0 spiro atoms. The Morgan fingerprint density at radius 3 is 1.59 bits per heavy atom. The fraction of sp³-hybridized carbons (Fsp3) is 0.150. The van der Waals surface area contributed by atoms with E-state index in [1.54, 1.807) is 0 Å². The Bertz CT molecular complexity index is 1110. The van der Waals surface area contributed by atoms with Gasteiger partial charge in [0, 0.05) is 11.1 Å². The number of benzene rings is 2. The Labute approximate surface area is 174 Å². The van der Waals surface area contributed by atoms with Crippen molar-refractivity contribution in [3.8, 4) is 33.9 Å². The van der Waals surface area contributed by atoms with Gasteiger partial charge in [-0.15, -0.1) is 26.3 Å². The highest BCUT2D eigenvalue weighted by molar-refractivity contribution is 5.82. The fourth-order valence-electron chi connectivity index (χ4n) is 2.77. The largest absolute Gasteiger partial charge is 0.573 e. The molecule has 0 N–H and O–H groups in total. The quantitative estimate of drug-likeness (QED) is 0.380. The number of alkyl halides is 9. The molecule has 3 aromatic rings. The summed E-state index contributed by atoms with van der Waals surface area (Å²) >= 11 is 0. The zero-order chi connectivity index (χ0) is 23.7. The van der Waals surface area contributed by atoms with E-state index in [1.165, 1.54) is 18.2 Å². The molecule has 32 heavy (non-hydrogen) atoms. The van der Waals surface area contributed by atoms with Crippen molar-refractivity contribution in [2.45, 2.75) is 18.9 Å². The van der Waals surface area contributed by atoms with Crippen molar-refractivity contribution in [3.05, 3.63) is 66.4 Å². The normalized spacial score (nSPS) is 12.5. The van der Waals surface area contributed by atoms with Gasteiger partial charge in [0.05, 0.1) is 5.69 Å². The number of hydrogen-bond donors (Lipinski definition) is 0. The highest BCUT2D eigenvalue weighted by Crippen LogP contribution is 2.38.